The van der Waals surface area contributed by atoms with Crippen molar-refractivity contribution in [3.05, 3.63) is 0 Å². The normalized spacial score (nSPS) is 25.4. The Morgan fingerprint density at radius 3 is 2.29 bits per heavy atom. The first kappa shape index (κ1) is 12.2. The number of rotatable bonds is 3. The fraction of sp³-hybridized carbons (Fsp3) is 1.00. The molecule has 1 aliphatic rings. The largest absolute Gasteiger partial charge is 0.232 e. The number of halogens is 1. The summed E-state index contributed by atoms with van der Waals surface area (Å²) in [6.45, 7) is 0.640. The number of sulfonamides is 1. The monoisotopic (exact) mass is 261 g/mol. The second-order valence-electron chi connectivity index (χ2n) is 3.48. The Hall–Kier alpha value is 0.150. The van der Waals surface area contributed by atoms with Crippen molar-refractivity contribution in [3.63, 3.8) is 0 Å². The van der Waals surface area contributed by atoms with E-state index in [0.29, 0.717) is 13.0 Å². The average Bonchev–Trinajstić information content (AvgIpc) is 2.29. The van der Waals surface area contributed by atoms with Crippen LogP contribution in [0.5, 0.6) is 0 Å². The topological polar surface area (TPSA) is 71.5 Å². The van der Waals surface area contributed by atoms with Crippen molar-refractivity contribution in [2.45, 2.75) is 6.42 Å². The van der Waals surface area contributed by atoms with Crippen molar-refractivity contribution in [3.8, 4) is 0 Å². The maximum atomic E-state index is 11.1. The highest BCUT2D eigenvalue weighted by molar-refractivity contribution is 8.13. The lowest BCUT2D eigenvalue weighted by atomic mass is 10.2. The molecule has 1 saturated heterocycles. The van der Waals surface area contributed by atoms with Crippen LogP contribution in [0.1, 0.15) is 6.42 Å². The van der Waals surface area contributed by atoms with E-state index in [2.05, 4.69) is 0 Å². The van der Waals surface area contributed by atoms with Gasteiger partial charge in [0.2, 0.25) is 19.1 Å². The van der Waals surface area contributed by atoms with Gasteiger partial charge >= 0.3 is 0 Å². The van der Waals surface area contributed by atoms with E-state index in [1.165, 1.54) is 4.31 Å². The van der Waals surface area contributed by atoms with Gasteiger partial charge in [-0.25, -0.2) is 21.1 Å². The Bertz CT molecular complexity index is 402. The van der Waals surface area contributed by atoms with Crippen LogP contribution in [0.2, 0.25) is 0 Å². The molecule has 1 fully saturated rings. The Morgan fingerprint density at radius 1 is 1.36 bits per heavy atom. The van der Waals surface area contributed by atoms with Gasteiger partial charge < -0.3 is 0 Å². The van der Waals surface area contributed by atoms with E-state index in [9.17, 15) is 16.8 Å². The van der Waals surface area contributed by atoms with Gasteiger partial charge in [0.15, 0.2) is 0 Å². The molecule has 0 aliphatic carbocycles. The number of hydrogen-bond acceptors (Lipinski definition) is 4. The summed E-state index contributed by atoms with van der Waals surface area (Å²) in [7, 11) is -1.64. The summed E-state index contributed by atoms with van der Waals surface area (Å²) in [5.41, 5.74) is 0. The standard InChI is InChI=1S/C6H12ClNO4S2/c1-13(9,10)8-3-2-6(4-8)5-14(7,11)12/h6H,2-5H2,1H3/t6-/m1/s1. The Kier molecular flexibility index (Phi) is 3.45. The maximum Gasteiger partial charge on any atom is 0.232 e. The Morgan fingerprint density at radius 2 is 1.93 bits per heavy atom. The third-order valence-corrected chi connectivity index (χ3v) is 4.67. The molecule has 14 heavy (non-hydrogen) atoms. The molecular weight excluding hydrogens is 250 g/mol. The number of nitrogens with zero attached hydrogens (tertiary/aromatic N) is 1. The van der Waals surface area contributed by atoms with E-state index in [-0.39, 0.29) is 18.2 Å². The molecule has 0 aromatic rings. The lowest BCUT2D eigenvalue weighted by molar-refractivity contribution is 0.469. The van der Waals surface area contributed by atoms with Crippen LogP contribution in [0.15, 0.2) is 0 Å². The summed E-state index contributed by atoms with van der Waals surface area (Å²) in [4.78, 5) is 0. The number of hydrogen-bond donors (Lipinski definition) is 0. The fourth-order valence-electron chi connectivity index (χ4n) is 1.52. The first-order valence-corrected chi connectivity index (χ1v) is 8.38. The molecule has 0 unspecified atom stereocenters. The summed E-state index contributed by atoms with van der Waals surface area (Å²) in [6, 6.07) is 0. The van der Waals surface area contributed by atoms with Crippen LogP contribution in [0.4, 0.5) is 0 Å². The van der Waals surface area contributed by atoms with Gasteiger partial charge in [0.1, 0.15) is 0 Å². The van der Waals surface area contributed by atoms with Gasteiger partial charge in [-0.15, -0.1) is 0 Å². The molecule has 1 aliphatic heterocycles. The quantitative estimate of drug-likeness (QED) is 0.662. The zero-order valence-corrected chi connectivity index (χ0v) is 10.1. The van der Waals surface area contributed by atoms with Crippen LogP contribution >= 0.6 is 10.7 Å². The summed E-state index contributed by atoms with van der Waals surface area (Å²) in [5.74, 6) is -0.326. The summed E-state index contributed by atoms with van der Waals surface area (Å²) >= 11 is 0. The molecule has 0 saturated carbocycles. The molecule has 0 aromatic heterocycles. The lowest BCUT2D eigenvalue weighted by Gasteiger charge is -2.12. The zero-order chi connectivity index (χ0) is 11.0. The molecule has 0 aromatic carbocycles. The molecule has 0 N–H and O–H groups in total. The van der Waals surface area contributed by atoms with Crippen molar-refractivity contribution in [2.24, 2.45) is 5.92 Å². The first-order chi connectivity index (χ1) is 6.18. The summed E-state index contributed by atoms with van der Waals surface area (Å²) in [5, 5.41) is 0. The van der Waals surface area contributed by atoms with Crippen LogP contribution < -0.4 is 0 Å². The van der Waals surface area contributed by atoms with Crippen molar-refractivity contribution >= 4 is 29.8 Å². The van der Waals surface area contributed by atoms with Crippen molar-refractivity contribution < 1.29 is 16.8 Å². The van der Waals surface area contributed by atoms with Gasteiger partial charge in [0, 0.05) is 23.8 Å². The summed E-state index contributed by atoms with van der Waals surface area (Å²) < 4.78 is 44.9. The van der Waals surface area contributed by atoms with Crippen LogP contribution in [-0.2, 0) is 19.1 Å². The highest BCUT2D eigenvalue weighted by Gasteiger charge is 2.30. The fourth-order valence-corrected chi connectivity index (χ4v) is 3.80. The zero-order valence-electron chi connectivity index (χ0n) is 7.68. The molecule has 0 bridgehead atoms. The van der Waals surface area contributed by atoms with E-state index < -0.39 is 19.1 Å². The van der Waals surface area contributed by atoms with Crippen molar-refractivity contribution in [1.82, 2.24) is 4.31 Å². The average molecular weight is 262 g/mol. The summed E-state index contributed by atoms with van der Waals surface area (Å²) in [6.07, 6.45) is 1.67. The SMILES string of the molecule is CS(=O)(=O)N1CC[C@@H](CS(=O)(=O)Cl)C1. The molecular formula is C6H12ClNO4S2. The van der Waals surface area contributed by atoms with Gasteiger partial charge in [-0.1, -0.05) is 0 Å². The molecule has 0 amide bonds. The molecule has 1 heterocycles. The van der Waals surface area contributed by atoms with Crippen molar-refractivity contribution in [2.75, 3.05) is 25.1 Å². The first-order valence-electron chi connectivity index (χ1n) is 4.06. The van der Waals surface area contributed by atoms with E-state index in [1.54, 1.807) is 0 Å². The molecule has 1 atom stereocenters. The van der Waals surface area contributed by atoms with Crippen LogP contribution in [0.25, 0.3) is 0 Å². The highest BCUT2D eigenvalue weighted by Crippen LogP contribution is 2.21. The van der Waals surface area contributed by atoms with Gasteiger partial charge in [0.25, 0.3) is 0 Å². The second-order valence-corrected chi connectivity index (χ2v) is 8.29. The minimum atomic E-state index is -3.53. The van der Waals surface area contributed by atoms with E-state index >= 15 is 0 Å². The van der Waals surface area contributed by atoms with Gasteiger partial charge in [-0.05, 0) is 12.3 Å². The van der Waals surface area contributed by atoms with Crippen LogP contribution in [0.3, 0.4) is 0 Å². The third kappa shape index (κ3) is 3.72. The highest BCUT2D eigenvalue weighted by atomic mass is 35.7. The Balaban J connectivity index is 2.59. The van der Waals surface area contributed by atoms with Gasteiger partial charge in [0.05, 0.1) is 12.0 Å². The molecule has 1 rings (SSSR count). The van der Waals surface area contributed by atoms with Crippen LogP contribution in [0, 0.1) is 5.92 Å². The minimum Gasteiger partial charge on any atom is -0.213 e. The maximum absolute atomic E-state index is 11.1. The Labute approximate surface area is 88.5 Å². The molecule has 0 spiro atoms. The van der Waals surface area contributed by atoms with Crippen LogP contribution in [-0.4, -0.2) is 46.2 Å². The van der Waals surface area contributed by atoms with E-state index in [0.717, 1.165) is 6.26 Å². The van der Waals surface area contributed by atoms with E-state index in [4.69, 9.17) is 10.7 Å². The van der Waals surface area contributed by atoms with Gasteiger partial charge in [-0.2, -0.15) is 0 Å². The third-order valence-electron chi connectivity index (χ3n) is 2.15. The molecule has 84 valence electrons. The van der Waals surface area contributed by atoms with Gasteiger partial charge in [-0.3, -0.25) is 0 Å². The smallest absolute Gasteiger partial charge is 0.213 e. The molecule has 8 heteroatoms. The minimum absolute atomic E-state index is 0.152. The second kappa shape index (κ2) is 3.96. The predicted molar refractivity (Wildman–Crippen MR) is 54.2 cm³/mol. The molecule has 5 nitrogen and oxygen atoms in total. The van der Waals surface area contributed by atoms with E-state index in [1.807, 2.05) is 0 Å². The lowest BCUT2D eigenvalue weighted by Crippen LogP contribution is -2.28. The molecule has 0 radical (unpaired) electrons. The van der Waals surface area contributed by atoms with Crippen molar-refractivity contribution in [1.29, 1.82) is 0 Å². The predicted octanol–water partition coefficient (Wildman–Crippen LogP) is -0.163.